The van der Waals surface area contributed by atoms with Gasteiger partial charge in [-0.2, -0.15) is 0 Å². The number of phosphoric acid groups is 2. The van der Waals surface area contributed by atoms with Crippen molar-refractivity contribution in [2.75, 3.05) is 75.9 Å². The first-order valence-electron chi connectivity index (χ1n) is 31.9. The van der Waals surface area contributed by atoms with Crippen LogP contribution in [0.25, 0.3) is 0 Å². The number of ether oxygens (including phenoxy) is 10. The molecule has 2 aromatic rings. The standard InChI is InChI=1S/C64H110O20P2/c1-8-10-12-14-16-18-20-22-24-26-28-30-38-44-57(65)74-48-56(82-58(66)45-39-31-29-27-25-23-21-19-17-15-13-11-9-2)49-81-85(67,73-7)83-63-60(76-51-70-4)59(75-50-69-3)61(77-52-71-5)64(62(63)78-53-72-6)84-86(68,79-46-54-40-34-32-35-41-54)80-47-55-42-36-33-37-43-55/h32-37,40-43,56,59-64H,8-31,38-39,44-53H2,1-7H3/t56-,59-,60-,61+,62+,63+,64-,85?/m1/s1. The average molecular weight is 1260 g/mol. The summed E-state index contributed by atoms with van der Waals surface area (Å²) in [6.07, 6.45) is 20.5. The summed E-state index contributed by atoms with van der Waals surface area (Å²) in [7, 11) is -2.86. The third-order valence-electron chi connectivity index (χ3n) is 14.8. The van der Waals surface area contributed by atoms with Crippen molar-refractivity contribution in [1.82, 2.24) is 0 Å². The highest BCUT2D eigenvalue weighted by molar-refractivity contribution is 7.48. The van der Waals surface area contributed by atoms with Crippen molar-refractivity contribution in [3.63, 3.8) is 0 Å². The molecule has 0 amide bonds. The maximum atomic E-state index is 15.2. The second kappa shape index (κ2) is 50.0. The molecule has 0 heterocycles. The molecule has 0 aromatic heterocycles. The molecule has 0 saturated heterocycles. The molecule has 22 heteroatoms. The van der Waals surface area contributed by atoms with Crippen LogP contribution in [0.4, 0.5) is 0 Å². The van der Waals surface area contributed by atoms with Crippen molar-refractivity contribution >= 4 is 27.6 Å². The van der Waals surface area contributed by atoms with Gasteiger partial charge < -0.3 is 47.4 Å². The van der Waals surface area contributed by atoms with Gasteiger partial charge in [0, 0.05) is 48.4 Å². The summed E-state index contributed by atoms with van der Waals surface area (Å²) < 4.78 is 125. The Morgan fingerprint density at radius 3 is 1.08 bits per heavy atom. The Morgan fingerprint density at radius 2 is 0.721 bits per heavy atom. The van der Waals surface area contributed by atoms with E-state index in [9.17, 15) is 9.59 Å². The van der Waals surface area contributed by atoms with Crippen molar-refractivity contribution in [2.24, 2.45) is 0 Å². The Bertz CT molecular complexity index is 1990. The molecule has 1 unspecified atom stereocenters. The van der Waals surface area contributed by atoms with Gasteiger partial charge in [-0.25, -0.2) is 9.13 Å². The fourth-order valence-electron chi connectivity index (χ4n) is 10.1. The maximum Gasteiger partial charge on any atom is 0.475 e. The van der Waals surface area contributed by atoms with E-state index >= 15 is 9.13 Å². The third-order valence-corrected chi connectivity index (χ3v) is 17.6. The average Bonchev–Trinajstić information content (AvgIpc) is 1.20. The summed E-state index contributed by atoms with van der Waals surface area (Å²) >= 11 is 0. The van der Waals surface area contributed by atoms with E-state index < -0.39 is 90.3 Å². The Balaban J connectivity index is 1.88. The van der Waals surface area contributed by atoms with Crippen LogP contribution in [0.1, 0.15) is 205 Å². The van der Waals surface area contributed by atoms with Gasteiger partial charge >= 0.3 is 27.6 Å². The summed E-state index contributed by atoms with van der Waals surface area (Å²) in [6.45, 7) is 1.59. The number of hydrogen-bond acceptors (Lipinski definition) is 20. The maximum absolute atomic E-state index is 15.2. The van der Waals surface area contributed by atoms with Crippen molar-refractivity contribution in [3.8, 4) is 0 Å². The molecule has 2 aromatic carbocycles. The van der Waals surface area contributed by atoms with Gasteiger partial charge in [-0.05, 0) is 24.0 Å². The van der Waals surface area contributed by atoms with Crippen molar-refractivity contribution in [2.45, 2.75) is 250 Å². The van der Waals surface area contributed by atoms with E-state index in [1.54, 1.807) is 48.5 Å². The van der Waals surface area contributed by atoms with Gasteiger partial charge in [0.2, 0.25) is 0 Å². The van der Waals surface area contributed by atoms with Crippen LogP contribution in [0, 0.1) is 0 Å². The fraction of sp³-hybridized carbons (Fsp3) is 0.781. The summed E-state index contributed by atoms with van der Waals surface area (Å²) in [5, 5.41) is 0. The lowest BCUT2D eigenvalue weighted by Crippen LogP contribution is -2.67. The summed E-state index contributed by atoms with van der Waals surface area (Å²) in [5.41, 5.74) is 1.31. The fourth-order valence-corrected chi connectivity index (χ4v) is 12.5. The number of methoxy groups -OCH3 is 4. The molecule has 0 radical (unpaired) electrons. The van der Waals surface area contributed by atoms with E-state index in [0.29, 0.717) is 24.0 Å². The van der Waals surface area contributed by atoms with Gasteiger partial charge in [0.1, 0.15) is 70.4 Å². The van der Waals surface area contributed by atoms with Crippen LogP contribution in [0.5, 0.6) is 0 Å². The van der Waals surface area contributed by atoms with Crippen molar-refractivity contribution in [3.05, 3.63) is 71.8 Å². The van der Waals surface area contributed by atoms with E-state index in [1.807, 2.05) is 12.1 Å². The Kier molecular flexibility index (Phi) is 45.1. The van der Waals surface area contributed by atoms with Crippen LogP contribution >= 0.6 is 15.6 Å². The molecule has 496 valence electrons. The SMILES string of the molecule is CCCCCCCCCCCCCCCC(=O)OC[C@H](COP(=O)(OC)O[C@H]1[C@H](OCOC)[C@@H](OCOC)[C@H](OCOC)[C@@H](OP(=O)(OCc2ccccc2)OCc2ccccc2)[C@H]1OCOC)OC(=O)CCCCCCCCCCCCCCC. The Morgan fingerprint density at radius 1 is 0.395 bits per heavy atom. The second-order valence-electron chi connectivity index (χ2n) is 22.0. The van der Waals surface area contributed by atoms with Crippen LogP contribution < -0.4 is 0 Å². The largest absolute Gasteiger partial charge is 0.475 e. The number of rotatable bonds is 57. The molecular formula is C64H110O20P2. The zero-order valence-electron chi connectivity index (χ0n) is 53.3. The van der Waals surface area contributed by atoms with Crippen LogP contribution in [-0.4, -0.2) is 131 Å². The quantitative estimate of drug-likeness (QED) is 0.0260. The lowest BCUT2D eigenvalue weighted by atomic mass is 9.84. The highest BCUT2D eigenvalue weighted by Crippen LogP contribution is 2.57. The predicted octanol–water partition coefficient (Wildman–Crippen LogP) is 15.5. The first-order valence-corrected chi connectivity index (χ1v) is 34.8. The van der Waals surface area contributed by atoms with Crippen molar-refractivity contribution < 1.29 is 93.2 Å². The molecular weight excluding hydrogens is 1150 g/mol. The van der Waals surface area contributed by atoms with Gasteiger partial charge in [0.05, 0.1) is 19.8 Å². The molecule has 3 rings (SSSR count). The van der Waals surface area contributed by atoms with Gasteiger partial charge in [0.25, 0.3) is 0 Å². The first-order chi connectivity index (χ1) is 42.0. The molecule has 1 aliphatic carbocycles. The summed E-state index contributed by atoms with van der Waals surface area (Å²) in [5.74, 6) is -1.00. The van der Waals surface area contributed by atoms with E-state index in [1.165, 1.54) is 138 Å². The Labute approximate surface area is 516 Å². The van der Waals surface area contributed by atoms with Gasteiger partial charge in [-0.1, -0.05) is 229 Å². The molecule has 0 N–H and O–H groups in total. The molecule has 0 aliphatic heterocycles. The van der Waals surface area contributed by atoms with Crippen LogP contribution in [0.15, 0.2) is 60.7 Å². The van der Waals surface area contributed by atoms with E-state index in [-0.39, 0.29) is 46.4 Å². The lowest BCUT2D eigenvalue weighted by molar-refractivity contribution is -0.295. The normalized spacial score (nSPS) is 19.1. The van der Waals surface area contributed by atoms with E-state index in [2.05, 4.69) is 13.8 Å². The number of phosphoric ester groups is 2. The van der Waals surface area contributed by atoms with Crippen LogP contribution in [-0.2, 0) is 106 Å². The molecule has 0 spiro atoms. The minimum Gasteiger partial charge on any atom is -0.462 e. The number of unbranched alkanes of at least 4 members (excludes halogenated alkanes) is 24. The molecule has 1 saturated carbocycles. The number of benzene rings is 2. The predicted molar refractivity (Wildman–Crippen MR) is 329 cm³/mol. The monoisotopic (exact) mass is 1260 g/mol. The minimum atomic E-state index is -4.84. The van der Waals surface area contributed by atoms with Crippen molar-refractivity contribution in [1.29, 1.82) is 0 Å². The number of carbonyl (C=O) groups excluding carboxylic acids is 2. The smallest absolute Gasteiger partial charge is 0.462 e. The van der Waals surface area contributed by atoms with Crippen LogP contribution in [0.3, 0.4) is 0 Å². The molecule has 1 fully saturated rings. The molecule has 8 atom stereocenters. The highest BCUT2D eigenvalue weighted by Gasteiger charge is 2.59. The van der Waals surface area contributed by atoms with E-state index in [0.717, 1.165) is 52.1 Å². The number of hydrogen-bond donors (Lipinski definition) is 0. The van der Waals surface area contributed by atoms with Gasteiger partial charge in [0.15, 0.2) is 6.10 Å². The zero-order chi connectivity index (χ0) is 62.2. The number of carbonyl (C=O) groups is 2. The van der Waals surface area contributed by atoms with Crippen LogP contribution in [0.2, 0.25) is 0 Å². The summed E-state index contributed by atoms with van der Waals surface area (Å²) in [6, 6.07) is 18.0. The molecule has 0 bridgehead atoms. The highest BCUT2D eigenvalue weighted by atomic mass is 31.2. The minimum absolute atomic E-state index is 0.114. The van der Waals surface area contributed by atoms with Gasteiger partial charge in [-0.15, -0.1) is 0 Å². The number of esters is 2. The molecule has 86 heavy (non-hydrogen) atoms. The second-order valence-corrected chi connectivity index (χ2v) is 25.3. The van der Waals surface area contributed by atoms with E-state index in [4.69, 9.17) is 74.5 Å². The third kappa shape index (κ3) is 34.5. The Hall–Kier alpha value is -2.72. The molecule has 1 aliphatic rings. The van der Waals surface area contributed by atoms with Gasteiger partial charge in [-0.3, -0.25) is 36.7 Å². The topological polar surface area (TPSA) is 216 Å². The zero-order valence-corrected chi connectivity index (χ0v) is 55.1. The molecule has 20 nitrogen and oxygen atoms in total. The summed E-state index contributed by atoms with van der Waals surface area (Å²) in [4.78, 5) is 26.7. The first kappa shape index (κ1) is 77.5. The lowest BCUT2D eigenvalue weighted by Gasteiger charge is -2.49.